The molecule has 0 saturated carbocycles. The summed E-state index contributed by atoms with van der Waals surface area (Å²) in [5, 5.41) is 5.82. The van der Waals surface area contributed by atoms with Crippen molar-refractivity contribution >= 4 is 23.5 Å². The van der Waals surface area contributed by atoms with Crippen LogP contribution in [-0.4, -0.2) is 33.0 Å². The molecule has 7 heteroatoms. The zero-order valence-corrected chi connectivity index (χ0v) is 7.37. The van der Waals surface area contributed by atoms with E-state index in [-0.39, 0.29) is 18.5 Å². The third-order valence-corrected chi connectivity index (χ3v) is 2.27. The first kappa shape index (κ1) is 8.11. The van der Waals surface area contributed by atoms with Gasteiger partial charge in [0.25, 0.3) is 0 Å². The van der Waals surface area contributed by atoms with Crippen LogP contribution in [0.1, 0.15) is 4.88 Å². The molecule has 1 aliphatic rings. The molecule has 0 bridgehead atoms. The Morgan fingerprint density at radius 1 is 1.62 bits per heavy atom. The predicted octanol–water partition coefficient (Wildman–Crippen LogP) is -0.410. The molecule has 1 aromatic rings. The predicted molar refractivity (Wildman–Crippen MR) is 43.9 cm³/mol. The van der Waals surface area contributed by atoms with Crippen molar-refractivity contribution < 1.29 is 9.59 Å². The van der Waals surface area contributed by atoms with Gasteiger partial charge < -0.3 is 4.90 Å². The van der Waals surface area contributed by atoms with Crippen molar-refractivity contribution in [2.24, 2.45) is 0 Å². The smallest absolute Gasteiger partial charge is 0.310 e. The minimum absolute atomic E-state index is 0.122. The summed E-state index contributed by atoms with van der Waals surface area (Å²) < 4.78 is 3.66. The Morgan fingerprint density at radius 2 is 2.46 bits per heavy atom. The van der Waals surface area contributed by atoms with Gasteiger partial charge in [0, 0.05) is 0 Å². The minimum atomic E-state index is -0.349. The minimum Gasteiger partial charge on any atom is -0.310 e. The van der Waals surface area contributed by atoms with E-state index in [0.717, 1.165) is 4.88 Å². The molecular formula is C6H6N4O2S. The van der Waals surface area contributed by atoms with Crippen molar-refractivity contribution in [3.8, 4) is 0 Å². The number of aromatic nitrogens is 2. The third kappa shape index (κ3) is 1.64. The fourth-order valence-electron chi connectivity index (χ4n) is 1.06. The first-order valence-electron chi connectivity index (χ1n) is 3.60. The van der Waals surface area contributed by atoms with Crippen molar-refractivity contribution in [1.29, 1.82) is 0 Å². The third-order valence-electron chi connectivity index (χ3n) is 1.62. The molecule has 0 radical (unpaired) electrons. The van der Waals surface area contributed by atoms with Crippen molar-refractivity contribution in [3.63, 3.8) is 0 Å². The monoisotopic (exact) mass is 198 g/mol. The number of carbonyl (C=O) groups is 2. The number of imide groups is 1. The van der Waals surface area contributed by atoms with Crippen LogP contribution in [0.4, 0.5) is 4.79 Å². The van der Waals surface area contributed by atoms with Crippen LogP contribution in [0.2, 0.25) is 0 Å². The van der Waals surface area contributed by atoms with E-state index in [2.05, 4.69) is 14.9 Å². The molecule has 3 amide bonds. The Hall–Kier alpha value is -1.50. The van der Waals surface area contributed by atoms with E-state index < -0.39 is 0 Å². The van der Waals surface area contributed by atoms with Crippen molar-refractivity contribution in [2.75, 3.05) is 6.54 Å². The van der Waals surface area contributed by atoms with Gasteiger partial charge in [0.1, 0.15) is 6.54 Å². The molecule has 13 heavy (non-hydrogen) atoms. The maximum absolute atomic E-state index is 11.1. The van der Waals surface area contributed by atoms with E-state index in [0.29, 0.717) is 6.54 Å². The van der Waals surface area contributed by atoms with E-state index in [4.69, 9.17) is 0 Å². The van der Waals surface area contributed by atoms with Gasteiger partial charge in [-0.05, 0) is 11.5 Å². The number of amides is 3. The summed E-state index contributed by atoms with van der Waals surface area (Å²) in [4.78, 5) is 24.1. The van der Waals surface area contributed by atoms with Gasteiger partial charge in [-0.3, -0.25) is 10.1 Å². The van der Waals surface area contributed by atoms with Crippen LogP contribution in [0.3, 0.4) is 0 Å². The van der Waals surface area contributed by atoms with Crippen LogP contribution >= 0.6 is 11.5 Å². The van der Waals surface area contributed by atoms with Crippen molar-refractivity contribution in [1.82, 2.24) is 19.8 Å². The van der Waals surface area contributed by atoms with Gasteiger partial charge >= 0.3 is 6.03 Å². The zero-order chi connectivity index (χ0) is 9.26. The molecule has 6 nitrogen and oxygen atoms in total. The molecule has 1 fully saturated rings. The summed E-state index contributed by atoms with van der Waals surface area (Å²) in [6.07, 6.45) is 1.58. The molecule has 1 aromatic heterocycles. The molecule has 0 spiro atoms. The summed E-state index contributed by atoms with van der Waals surface area (Å²) in [5.41, 5.74) is 0. The van der Waals surface area contributed by atoms with E-state index in [1.165, 1.54) is 16.4 Å². The fraction of sp³-hybridized carbons (Fsp3) is 0.333. The van der Waals surface area contributed by atoms with Gasteiger partial charge in [-0.1, -0.05) is 4.49 Å². The first-order chi connectivity index (χ1) is 6.25. The van der Waals surface area contributed by atoms with Crippen LogP contribution in [0.15, 0.2) is 6.20 Å². The lowest BCUT2D eigenvalue weighted by atomic mass is 10.5. The molecule has 68 valence electrons. The lowest BCUT2D eigenvalue weighted by Crippen LogP contribution is -2.27. The van der Waals surface area contributed by atoms with E-state index >= 15 is 0 Å². The number of hydrogen-bond acceptors (Lipinski definition) is 5. The fourth-order valence-corrected chi connectivity index (χ4v) is 1.56. The van der Waals surface area contributed by atoms with Crippen LogP contribution in [0.25, 0.3) is 0 Å². The van der Waals surface area contributed by atoms with Crippen LogP contribution < -0.4 is 5.32 Å². The summed E-state index contributed by atoms with van der Waals surface area (Å²) in [5.74, 6) is -0.262. The summed E-state index contributed by atoms with van der Waals surface area (Å²) in [6, 6.07) is -0.349. The van der Waals surface area contributed by atoms with Gasteiger partial charge in [-0.25, -0.2) is 4.79 Å². The normalized spacial score (nSPS) is 16.5. The van der Waals surface area contributed by atoms with Gasteiger partial charge in [-0.15, -0.1) is 5.10 Å². The van der Waals surface area contributed by atoms with Gasteiger partial charge in [0.05, 0.1) is 17.6 Å². The molecule has 1 aliphatic heterocycles. The molecule has 2 heterocycles. The van der Waals surface area contributed by atoms with Crippen LogP contribution in [0, 0.1) is 0 Å². The number of carbonyl (C=O) groups excluding carboxylic acids is 2. The lowest BCUT2D eigenvalue weighted by molar-refractivity contribution is -0.118. The first-order valence-corrected chi connectivity index (χ1v) is 4.38. The molecule has 1 N–H and O–H groups in total. The Bertz CT molecular complexity index is 336. The van der Waals surface area contributed by atoms with E-state index in [1.54, 1.807) is 6.20 Å². The molecule has 0 unspecified atom stereocenters. The molecule has 2 rings (SSSR count). The Kier molecular flexibility index (Phi) is 1.93. The largest absolute Gasteiger partial charge is 0.324 e. The van der Waals surface area contributed by atoms with Crippen LogP contribution in [-0.2, 0) is 11.3 Å². The standard InChI is InChI=1S/C6H6N4O2S/c11-5-3-10(6(12)8-5)2-4-1-7-9-13-4/h1H,2-3H2,(H,8,11,12). The topological polar surface area (TPSA) is 75.2 Å². The highest BCUT2D eigenvalue weighted by Gasteiger charge is 2.26. The highest BCUT2D eigenvalue weighted by molar-refractivity contribution is 7.05. The number of nitrogens with one attached hydrogen (secondary N) is 1. The molecule has 0 aromatic carbocycles. The quantitative estimate of drug-likeness (QED) is 0.655. The zero-order valence-electron chi connectivity index (χ0n) is 6.56. The van der Waals surface area contributed by atoms with Gasteiger partial charge in [0.15, 0.2) is 0 Å². The molecular weight excluding hydrogens is 192 g/mol. The summed E-state index contributed by atoms with van der Waals surface area (Å²) in [7, 11) is 0. The SMILES string of the molecule is O=C1CN(Cc2cnns2)C(=O)N1. The highest BCUT2D eigenvalue weighted by atomic mass is 32.1. The number of hydrogen-bond donors (Lipinski definition) is 1. The molecule has 0 aliphatic carbocycles. The van der Waals surface area contributed by atoms with Crippen LogP contribution in [0.5, 0.6) is 0 Å². The maximum Gasteiger partial charge on any atom is 0.324 e. The maximum atomic E-state index is 11.1. The molecule has 0 atom stereocenters. The number of rotatable bonds is 2. The summed E-state index contributed by atoms with van der Waals surface area (Å²) >= 11 is 1.22. The second-order valence-corrected chi connectivity index (χ2v) is 3.46. The Morgan fingerprint density at radius 3 is 3.00 bits per heavy atom. The number of urea groups is 1. The van der Waals surface area contributed by atoms with Gasteiger partial charge in [0.2, 0.25) is 5.91 Å². The second kappa shape index (κ2) is 3.09. The van der Waals surface area contributed by atoms with Crippen molar-refractivity contribution in [2.45, 2.75) is 6.54 Å². The molecule has 1 saturated heterocycles. The van der Waals surface area contributed by atoms with E-state index in [9.17, 15) is 9.59 Å². The van der Waals surface area contributed by atoms with Gasteiger partial charge in [-0.2, -0.15) is 0 Å². The Labute approximate surface area is 77.7 Å². The average molecular weight is 198 g/mol. The average Bonchev–Trinajstić information content (AvgIpc) is 2.63. The number of nitrogens with zero attached hydrogens (tertiary/aromatic N) is 3. The van der Waals surface area contributed by atoms with E-state index in [1.807, 2.05) is 0 Å². The second-order valence-electron chi connectivity index (χ2n) is 2.59. The Balaban J connectivity index is 2.03. The lowest BCUT2D eigenvalue weighted by Gasteiger charge is -2.09. The highest BCUT2D eigenvalue weighted by Crippen LogP contribution is 2.09. The van der Waals surface area contributed by atoms with Crippen molar-refractivity contribution in [3.05, 3.63) is 11.1 Å². The summed E-state index contributed by atoms with van der Waals surface area (Å²) in [6.45, 7) is 0.520.